The summed E-state index contributed by atoms with van der Waals surface area (Å²) in [6.07, 6.45) is 5.46. The highest BCUT2D eigenvalue weighted by Crippen LogP contribution is 2.32. The molecule has 0 fully saturated rings. The second-order valence-corrected chi connectivity index (χ2v) is 8.01. The highest BCUT2D eigenvalue weighted by Gasteiger charge is 2.30. The Morgan fingerprint density at radius 2 is 1.74 bits per heavy atom. The van der Waals surface area contributed by atoms with Crippen molar-refractivity contribution >= 4 is 16.9 Å². The number of nitrogens with zero attached hydrogens (tertiary/aromatic N) is 1. The molecule has 3 heteroatoms. The number of carbonyl (C=O) groups excluding carboxylic acids is 1. The number of unbranched alkanes of at least 4 members (excludes halogenated alkanes) is 1. The van der Waals surface area contributed by atoms with Crippen LogP contribution < -0.4 is 0 Å². The first-order chi connectivity index (χ1) is 15.2. The van der Waals surface area contributed by atoms with Crippen molar-refractivity contribution in [2.45, 2.75) is 58.2 Å². The average Bonchev–Trinajstić information content (AvgIpc) is 2.81. The lowest BCUT2D eigenvalue weighted by molar-refractivity contribution is 0.0616. The van der Waals surface area contributed by atoms with Crippen LogP contribution in [0.2, 0.25) is 0 Å². The number of ether oxygens (including phenoxy) is 1. The topological polar surface area (TPSA) is 29.5 Å². The molecule has 0 bridgehead atoms. The minimum Gasteiger partial charge on any atom is -0.445 e. The van der Waals surface area contributed by atoms with Gasteiger partial charge in [0.25, 0.3) is 0 Å². The quantitative estimate of drug-likeness (QED) is 0.318. The first-order valence-electron chi connectivity index (χ1n) is 11.2. The van der Waals surface area contributed by atoms with Crippen LogP contribution in [0, 0.1) is 0 Å². The molecule has 0 saturated heterocycles. The summed E-state index contributed by atoms with van der Waals surface area (Å²) in [6.45, 7) is 8.50. The molecule has 0 saturated carbocycles. The minimum absolute atomic E-state index is 0.0506. The molecule has 3 aromatic rings. The first kappa shape index (κ1) is 22.6. The summed E-state index contributed by atoms with van der Waals surface area (Å²) >= 11 is 0. The van der Waals surface area contributed by atoms with Crippen molar-refractivity contribution in [2.24, 2.45) is 0 Å². The fraction of sp³-hybridized carbons (Fsp3) is 0.321. The molecule has 0 radical (unpaired) electrons. The summed E-state index contributed by atoms with van der Waals surface area (Å²) < 4.78 is 5.80. The Bertz CT molecular complexity index is 977. The molecule has 0 aliphatic rings. The highest BCUT2D eigenvalue weighted by molar-refractivity contribution is 5.86. The van der Waals surface area contributed by atoms with Gasteiger partial charge >= 0.3 is 6.09 Å². The van der Waals surface area contributed by atoms with Crippen LogP contribution in [0.15, 0.2) is 85.5 Å². The van der Waals surface area contributed by atoms with Gasteiger partial charge in [-0.15, -0.1) is 6.58 Å². The van der Waals surface area contributed by atoms with Crippen LogP contribution in [0.1, 0.15) is 56.7 Å². The molecular weight excluding hydrogens is 382 g/mol. The summed E-state index contributed by atoms with van der Waals surface area (Å²) in [5, 5.41) is 2.35. The third kappa shape index (κ3) is 5.75. The van der Waals surface area contributed by atoms with Crippen molar-refractivity contribution in [3.8, 4) is 0 Å². The van der Waals surface area contributed by atoms with Gasteiger partial charge in [0.15, 0.2) is 0 Å². The maximum Gasteiger partial charge on any atom is 0.410 e. The Kier molecular flexibility index (Phi) is 8.28. The lowest BCUT2D eigenvalue weighted by Gasteiger charge is -2.36. The minimum atomic E-state index is -0.271. The smallest absolute Gasteiger partial charge is 0.410 e. The summed E-state index contributed by atoms with van der Waals surface area (Å²) in [7, 11) is 0. The van der Waals surface area contributed by atoms with Gasteiger partial charge in [-0.1, -0.05) is 98.6 Å². The fourth-order valence-corrected chi connectivity index (χ4v) is 4.18. The summed E-state index contributed by atoms with van der Waals surface area (Å²) in [6, 6.07) is 24.4. The molecule has 0 aliphatic carbocycles. The van der Waals surface area contributed by atoms with E-state index in [1.807, 2.05) is 47.4 Å². The molecule has 0 aliphatic heterocycles. The molecule has 31 heavy (non-hydrogen) atoms. The summed E-state index contributed by atoms with van der Waals surface area (Å²) in [5.41, 5.74) is 2.13. The third-order valence-corrected chi connectivity index (χ3v) is 5.83. The van der Waals surface area contributed by atoms with Crippen LogP contribution in [-0.2, 0) is 11.3 Å². The Balaban J connectivity index is 1.93. The van der Waals surface area contributed by atoms with Crippen LogP contribution in [0.4, 0.5) is 4.79 Å². The van der Waals surface area contributed by atoms with Crippen molar-refractivity contribution in [1.82, 2.24) is 4.90 Å². The predicted molar refractivity (Wildman–Crippen MR) is 129 cm³/mol. The molecule has 3 rings (SSSR count). The van der Waals surface area contributed by atoms with E-state index >= 15 is 0 Å². The molecule has 1 amide bonds. The maximum atomic E-state index is 13.4. The predicted octanol–water partition coefficient (Wildman–Crippen LogP) is 7.67. The van der Waals surface area contributed by atoms with Crippen molar-refractivity contribution < 1.29 is 9.53 Å². The van der Waals surface area contributed by atoms with E-state index in [0.717, 1.165) is 36.8 Å². The van der Waals surface area contributed by atoms with E-state index in [0.29, 0.717) is 0 Å². The van der Waals surface area contributed by atoms with Gasteiger partial charge in [0.2, 0.25) is 0 Å². The zero-order valence-electron chi connectivity index (χ0n) is 18.7. The van der Waals surface area contributed by atoms with Gasteiger partial charge in [0.05, 0.1) is 6.04 Å². The van der Waals surface area contributed by atoms with Crippen molar-refractivity contribution in [3.05, 3.63) is 96.6 Å². The molecule has 3 aromatic carbocycles. The molecule has 0 spiro atoms. The Labute approximate surface area is 186 Å². The Morgan fingerprint density at radius 1 is 1.03 bits per heavy atom. The standard InChI is InChI=1S/C28H33NO2/c1-4-6-18-25(13-5-2)29(28(30)31-21-23-14-8-7-9-15-23)22(3)26-20-12-17-24-16-10-11-19-27(24)26/h5,7-12,14-17,19-20,22,25H,2,4,6,13,18,21H2,1,3H3/t22-,25+/m0/s1. The van der Waals surface area contributed by atoms with Crippen molar-refractivity contribution in [3.63, 3.8) is 0 Å². The van der Waals surface area contributed by atoms with Crippen molar-refractivity contribution in [1.29, 1.82) is 0 Å². The number of fused-ring (bicyclic) bond motifs is 1. The van der Waals surface area contributed by atoms with Gasteiger partial charge in [-0.05, 0) is 41.7 Å². The monoisotopic (exact) mass is 415 g/mol. The number of hydrogen-bond donors (Lipinski definition) is 0. The molecule has 0 heterocycles. The SMILES string of the molecule is C=CC[C@H](CCCC)N(C(=O)OCc1ccccc1)[C@@H](C)c1cccc2ccccc12. The van der Waals surface area contributed by atoms with Crippen LogP contribution in [-0.4, -0.2) is 17.0 Å². The zero-order valence-corrected chi connectivity index (χ0v) is 18.7. The molecule has 3 nitrogen and oxygen atoms in total. The van der Waals surface area contributed by atoms with Gasteiger partial charge in [-0.25, -0.2) is 4.79 Å². The molecule has 2 atom stereocenters. The van der Waals surface area contributed by atoms with Gasteiger partial charge in [-0.2, -0.15) is 0 Å². The Morgan fingerprint density at radius 3 is 2.48 bits per heavy atom. The van der Waals surface area contributed by atoms with E-state index in [9.17, 15) is 4.79 Å². The fourth-order valence-electron chi connectivity index (χ4n) is 4.18. The van der Waals surface area contributed by atoms with Gasteiger partial charge < -0.3 is 4.74 Å². The second kappa shape index (κ2) is 11.4. The lowest BCUT2D eigenvalue weighted by Crippen LogP contribution is -2.42. The van der Waals surface area contributed by atoms with Crippen LogP contribution in [0.25, 0.3) is 10.8 Å². The second-order valence-electron chi connectivity index (χ2n) is 8.01. The highest BCUT2D eigenvalue weighted by atomic mass is 16.6. The van der Waals surface area contributed by atoms with Crippen LogP contribution in [0.3, 0.4) is 0 Å². The number of carbonyl (C=O) groups is 1. The van der Waals surface area contributed by atoms with E-state index in [1.54, 1.807) is 0 Å². The van der Waals surface area contributed by atoms with E-state index in [-0.39, 0.29) is 24.8 Å². The van der Waals surface area contributed by atoms with Gasteiger partial charge in [-0.3, -0.25) is 4.90 Å². The molecule has 0 N–H and O–H groups in total. The largest absolute Gasteiger partial charge is 0.445 e. The molecule has 0 aromatic heterocycles. The summed E-state index contributed by atoms with van der Waals surface area (Å²) in [5.74, 6) is 0. The number of rotatable bonds is 10. The average molecular weight is 416 g/mol. The van der Waals surface area contributed by atoms with E-state index in [4.69, 9.17) is 4.74 Å². The lowest BCUT2D eigenvalue weighted by atomic mass is 9.96. The maximum absolute atomic E-state index is 13.4. The number of hydrogen-bond acceptors (Lipinski definition) is 2. The molecular formula is C28H33NO2. The zero-order chi connectivity index (χ0) is 22.1. The normalized spacial score (nSPS) is 12.8. The summed E-state index contributed by atoms with van der Waals surface area (Å²) in [4.78, 5) is 15.3. The Hall–Kier alpha value is -3.07. The van der Waals surface area contributed by atoms with Gasteiger partial charge in [0.1, 0.15) is 6.61 Å². The molecule has 162 valence electrons. The van der Waals surface area contributed by atoms with Crippen LogP contribution >= 0.6 is 0 Å². The third-order valence-electron chi connectivity index (χ3n) is 5.83. The number of benzene rings is 3. The number of amides is 1. The first-order valence-corrected chi connectivity index (χ1v) is 11.2. The molecule has 0 unspecified atom stereocenters. The van der Waals surface area contributed by atoms with E-state index < -0.39 is 0 Å². The van der Waals surface area contributed by atoms with Crippen molar-refractivity contribution in [2.75, 3.05) is 0 Å². The van der Waals surface area contributed by atoms with E-state index in [1.165, 1.54) is 10.8 Å². The van der Waals surface area contributed by atoms with Gasteiger partial charge in [0, 0.05) is 6.04 Å². The van der Waals surface area contributed by atoms with E-state index in [2.05, 4.69) is 56.8 Å². The van der Waals surface area contributed by atoms with Crippen LogP contribution in [0.5, 0.6) is 0 Å².